The van der Waals surface area contributed by atoms with E-state index in [-0.39, 0.29) is 24.2 Å². The van der Waals surface area contributed by atoms with Crippen LogP contribution in [0.2, 0.25) is 0 Å². The summed E-state index contributed by atoms with van der Waals surface area (Å²) in [7, 11) is 0. The van der Waals surface area contributed by atoms with Gasteiger partial charge in [0.25, 0.3) is 5.91 Å². The van der Waals surface area contributed by atoms with Gasteiger partial charge in [0.1, 0.15) is 11.9 Å². The second kappa shape index (κ2) is 10.1. The highest BCUT2D eigenvalue weighted by Gasteiger charge is 2.45. The number of pyridine rings is 1. The summed E-state index contributed by atoms with van der Waals surface area (Å²) in [6, 6.07) is 5.54. The van der Waals surface area contributed by atoms with E-state index in [4.69, 9.17) is 23.9 Å². The highest BCUT2D eigenvalue weighted by atomic mass is 19.4. The number of rotatable bonds is 4. The monoisotopic (exact) mass is 457 g/mol. The zero-order chi connectivity index (χ0) is 23.3. The average molecular weight is 457 g/mol. The first-order chi connectivity index (χ1) is 15.2. The van der Waals surface area contributed by atoms with Crippen molar-refractivity contribution in [3.8, 4) is 0 Å². The Balaban J connectivity index is 0.000000360. The Bertz CT molecular complexity index is 921. The summed E-state index contributed by atoms with van der Waals surface area (Å²) < 4.78 is 48.9. The molecule has 1 aliphatic heterocycles. The van der Waals surface area contributed by atoms with Crippen LogP contribution in [0.1, 0.15) is 34.7 Å². The molecule has 3 atom stereocenters. The van der Waals surface area contributed by atoms with Gasteiger partial charge < -0.3 is 24.0 Å². The van der Waals surface area contributed by atoms with Gasteiger partial charge in [0, 0.05) is 25.0 Å². The number of carboxylic acids is 1. The molecule has 0 spiro atoms. The van der Waals surface area contributed by atoms with E-state index in [2.05, 4.69) is 10.1 Å². The van der Waals surface area contributed by atoms with Crippen LogP contribution < -0.4 is 0 Å². The first-order valence-electron chi connectivity index (χ1n) is 9.83. The fourth-order valence-electron chi connectivity index (χ4n) is 3.65. The number of aromatic nitrogens is 2. The Morgan fingerprint density at radius 2 is 2.09 bits per heavy atom. The van der Waals surface area contributed by atoms with Gasteiger partial charge in [0.05, 0.1) is 25.4 Å². The third-order valence-electron chi connectivity index (χ3n) is 5.07. The number of alkyl halides is 3. The molecule has 4 rings (SSSR count). The van der Waals surface area contributed by atoms with Gasteiger partial charge in [-0.25, -0.2) is 4.79 Å². The molecule has 0 aromatic carbocycles. The predicted octanol–water partition coefficient (Wildman–Crippen LogP) is 2.60. The van der Waals surface area contributed by atoms with Gasteiger partial charge in [-0.15, -0.1) is 0 Å². The van der Waals surface area contributed by atoms with Crippen molar-refractivity contribution < 1.29 is 41.9 Å². The van der Waals surface area contributed by atoms with Crippen molar-refractivity contribution in [2.24, 2.45) is 0 Å². The molecule has 174 valence electrons. The van der Waals surface area contributed by atoms with E-state index in [1.165, 1.54) is 0 Å². The number of hydrogen-bond acceptors (Lipinski definition) is 7. The van der Waals surface area contributed by atoms with Gasteiger partial charge >= 0.3 is 12.1 Å². The summed E-state index contributed by atoms with van der Waals surface area (Å²) in [5, 5.41) is 11.0. The number of carbonyl (C=O) groups is 2. The van der Waals surface area contributed by atoms with Gasteiger partial charge in [0.15, 0.2) is 5.69 Å². The van der Waals surface area contributed by atoms with Gasteiger partial charge in [-0.2, -0.15) is 13.2 Å². The molecule has 1 amide bonds. The SMILES string of the molecule is Cc1cc(C(=O)N2CCOC3CCC2C3OCc2cccnc2)no1.O=C(O)C(F)(F)F. The van der Waals surface area contributed by atoms with E-state index in [0.29, 0.717) is 31.2 Å². The number of nitrogens with zero attached hydrogens (tertiary/aromatic N) is 3. The Kier molecular flexibility index (Phi) is 7.46. The summed E-state index contributed by atoms with van der Waals surface area (Å²) in [4.78, 5) is 27.7. The molecule has 1 aliphatic carbocycles. The molecular weight excluding hydrogens is 435 g/mol. The maximum atomic E-state index is 12.9. The standard InChI is InChI=1S/C18H21N3O4.C2HF3O2/c1-12-9-14(20-25-12)18(22)21-7-8-23-16-5-4-15(21)17(16)24-11-13-3-2-6-19-10-13;3-2(4,5)1(6)7/h2-3,6,9-10,15-17H,4-5,7-8,11H2,1H3;(H,6,7). The largest absolute Gasteiger partial charge is 0.490 e. The lowest BCUT2D eigenvalue weighted by atomic mass is 10.1. The Morgan fingerprint density at radius 3 is 2.69 bits per heavy atom. The maximum absolute atomic E-state index is 12.9. The van der Waals surface area contributed by atoms with E-state index in [0.717, 1.165) is 18.4 Å². The number of carbonyl (C=O) groups excluding carboxylic acids is 1. The lowest BCUT2D eigenvalue weighted by Gasteiger charge is -2.30. The van der Waals surface area contributed by atoms with Crippen LogP contribution in [0, 0.1) is 6.92 Å². The summed E-state index contributed by atoms with van der Waals surface area (Å²) in [6.45, 7) is 3.29. The minimum atomic E-state index is -5.08. The maximum Gasteiger partial charge on any atom is 0.490 e. The number of fused-ring (bicyclic) bond motifs is 2. The molecule has 2 bridgehead atoms. The van der Waals surface area contributed by atoms with Crippen LogP contribution >= 0.6 is 0 Å². The first-order valence-corrected chi connectivity index (χ1v) is 9.83. The van der Waals surface area contributed by atoms with Crippen molar-refractivity contribution in [2.75, 3.05) is 13.2 Å². The zero-order valence-corrected chi connectivity index (χ0v) is 17.1. The van der Waals surface area contributed by atoms with Crippen molar-refractivity contribution in [1.29, 1.82) is 0 Å². The molecule has 2 fully saturated rings. The van der Waals surface area contributed by atoms with Crippen molar-refractivity contribution in [1.82, 2.24) is 15.0 Å². The van der Waals surface area contributed by atoms with Crippen molar-refractivity contribution >= 4 is 11.9 Å². The van der Waals surface area contributed by atoms with Crippen LogP contribution in [0.3, 0.4) is 0 Å². The van der Waals surface area contributed by atoms with Crippen LogP contribution in [-0.2, 0) is 20.9 Å². The third-order valence-corrected chi connectivity index (χ3v) is 5.07. The molecule has 3 heterocycles. The summed E-state index contributed by atoms with van der Waals surface area (Å²) in [6.07, 6.45) is 0.0933. The summed E-state index contributed by atoms with van der Waals surface area (Å²) in [5.74, 6) is -2.25. The average Bonchev–Trinajstić information content (AvgIpc) is 3.29. The van der Waals surface area contributed by atoms with E-state index in [1.807, 2.05) is 17.0 Å². The van der Waals surface area contributed by atoms with E-state index in [1.54, 1.807) is 25.4 Å². The van der Waals surface area contributed by atoms with Gasteiger partial charge in [-0.1, -0.05) is 11.2 Å². The van der Waals surface area contributed by atoms with E-state index >= 15 is 0 Å². The van der Waals surface area contributed by atoms with Crippen LogP contribution in [-0.4, -0.2) is 69.6 Å². The molecule has 32 heavy (non-hydrogen) atoms. The van der Waals surface area contributed by atoms with E-state index < -0.39 is 12.1 Å². The molecule has 1 saturated carbocycles. The molecule has 1 saturated heterocycles. The highest BCUT2D eigenvalue weighted by Crippen LogP contribution is 2.33. The van der Waals surface area contributed by atoms with Gasteiger partial charge in [-0.05, 0) is 31.4 Å². The number of halogens is 3. The smallest absolute Gasteiger partial charge is 0.475 e. The normalized spacial score (nSPS) is 22.6. The molecule has 2 aromatic heterocycles. The molecule has 2 aliphatic rings. The molecular formula is C20H22F3N3O6. The number of aliphatic carboxylic acids is 1. The lowest BCUT2D eigenvalue weighted by Crippen LogP contribution is -2.46. The van der Waals surface area contributed by atoms with Crippen LogP contribution in [0.25, 0.3) is 0 Å². The quantitative estimate of drug-likeness (QED) is 0.745. The third kappa shape index (κ3) is 5.82. The number of hydrogen-bond donors (Lipinski definition) is 1. The fourth-order valence-corrected chi connectivity index (χ4v) is 3.65. The van der Waals surface area contributed by atoms with Crippen LogP contribution in [0.15, 0.2) is 35.1 Å². The van der Waals surface area contributed by atoms with Crippen LogP contribution in [0.5, 0.6) is 0 Å². The molecule has 3 unspecified atom stereocenters. The summed E-state index contributed by atoms with van der Waals surface area (Å²) in [5.41, 5.74) is 1.35. The minimum absolute atomic E-state index is 0.00585. The number of amides is 1. The van der Waals surface area contributed by atoms with Crippen molar-refractivity contribution in [2.45, 2.75) is 50.8 Å². The van der Waals surface area contributed by atoms with E-state index in [9.17, 15) is 18.0 Å². The van der Waals surface area contributed by atoms with Crippen LogP contribution in [0.4, 0.5) is 13.2 Å². The number of carboxylic acid groups (broad SMARTS) is 1. The van der Waals surface area contributed by atoms with Gasteiger partial charge in [0.2, 0.25) is 0 Å². The zero-order valence-electron chi connectivity index (χ0n) is 17.1. The molecule has 9 nitrogen and oxygen atoms in total. The van der Waals surface area contributed by atoms with Crippen molar-refractivity contribution in [3.05, 3.63) is 47.6 Å². The minimum Gasteiger partial charge on any atom is -0.475 e. The second-order valence-electron chi connectivity index (χ2n) is 7.32. The highest BCUT2D eigenvalue weighted by molar-refractivity contribution is 5.92. The molecule has 12 heteroatoms. The Hall–Kier alpha value is -2.99. The molecule has 1 N–H and O–H groups in total. The first kappa shape index (κ1) is 23.7. The Labute approximate surface area is 181 Å². The Morgan fingerprint density at radius 1 is 1.34 bits per heavy atom. The van der Waals surface area contributed by atoms with Gasteiger partial charge in [-0.3, -0.25) is 9.78 Å². The predicted molar refractivity (Wildman–Crippen MR) is 102 cm³/mol. The summed E-state index contributed by atoms with van der Waals surface area (Å²) >= 11 is 0. The second-order valence-corrected chi connectivity index (χ2v) is 7.32. The van der Waals surface area contributed by atoms with Crippen molar-refractivity contribution in [3.63, 3.8) is 0 Å². The lowest BCUT2D eigenvalue weighted by molar-refractivity contribution is -0.192. The fraction of sp³-hybridized carbons (Fsp3) is 0.500. The molecule has 2 aromatic rings. The number of aryl methyl sites for hydroxylation is 1. The number of ether oxygens (including phenoxy) is 2. The molecule has 0 radical (unpaired) electrons. The topological polar surface area (TPSA) is 115 Å².